The molecular formula is C15H23N3O2S. The second-order valence-electron chi connectivity index (χ2n) is 6.89. The summed E-state index contributed by atoms with van der Waals surface area (Å²) in [6.45, 7) is 4.03. The SMILES string of the molecule is CC12CCC(=O)N1C(C(=O)N1C3CCNCC1CC3)CS2. The van der Waals surface area contributed by atoms with E-state index in [4.69, 9.17) is 0 Å². The van der Waals surface area contributed by atoms with E-state index in [1.54, 1.807) is 11.8 Å². The highest BCUT2D eigenvalue weighted by Crippen LogP contribution is 2.48. The Kier molecular flexibility index (Phi) is 3.23. The van der Waals surface area contributed by atoms with E-state index in [-0.39, 0.29) is 22.7 Å². The fraction of sp³-hybridized carbons (Fsp3) is 0.867. The van der Waals surface area contributed by atoms with Crippen LogP contribution in [0.25, 0.3) is 0 Å². The molecule has 4 aliphatic rings. The van der Waals surface area contributed by atoms with Crippen molar-refractivity contribution in [1.29, 1.82) is 0 Å². The minimum Gasteiger partial charge on any atom is -0.334 e. The van der Waals surface area contributed by atoms with Crippen LogP contribution in [0.2, 0.25) is 0 Å². The maximum absolute atomic E-state index is 13.1. The average Bonchev–Trinajstić information content (AvgIpc) is 3.01. The standard InChI is InChI=1S/C15H23N3O2S/c1-15-6-4-13(19)18(15)12(9-21-15)14(20)17-10-2-3-11(17)8-16-7-5-10/h10-12,16H,2-9H2,1H3. The first kappa shape index (κ1) is 13.9. The predicted octanol–water partition coefficient (Wildman–Crippen LogP) is 0.793. The van der Waals surface area contributed by atoms with Crippen molar-refractivity contribution in [3.05, 3.63) is 0 Å². The van der Waals surface area contributed by atoms with Gasteiger partial charge in [-0.25, -0.2) is 0 Å². The van der Waals surface area contributed by atoms with Crippen molar-refractivity contribution in [3.8, 4) is 0 Å². The number of nitrogens with one attached hydrogen (secondary N) is 1. The van der Waals surface area contributed by atoms with E-state index < -0.39 is 0 Å². The third-order valence-electron chi connectivity index (χ3n) is 5.64. The quantitative estimate of drug-likeness (QED) is 0.778. The van der Waals surface area contributed by atoms with Gasteiger partial charge in [-0.2, -0.15) is 0 Å². The van der Waals surface area contributed by atoms with Gasteiger partial charge in [0.15, 0.2) is 0 Å². The van der Waals surface area contributed by atoms with Crippen LogP contribution in [0.5, 0.6) is 0 Å². The van der Waals surface area contributed by atoms with E-state index in [9.17, 15) is 9.59 Å². The minimum absolute atomic E-state index is 0.138. The second-order valence-corrected chi connectivity index (χ2v) is 8.39. The van der Waals surface area contributed by atoms with Crippen molar-refractivity contribution in [1.82, 2.24) is 15.1 Å². The van der Waals surface area contributed by atoms with Crippen molar-refractivity contribution in [3.63, 3.8) is 0 Å². The van der Waals surface area contributed by atoms with Crippen LogP contribution in [-0.2, 0) is 9.59 Å². The van der Waals surface area contributed by atoms with Gasteiger partial charge in [-0.1, -0.05) is 0 Å². The normalized spacial score (nSPS) is 42.3. The topological polar surface area (TPSA) is 52.7 Å². The fourth-order valence-corrected chi connectivity index (χ4v) is 5.94. The van der Waals surface area contributed by atoms with Gasteiger partial charge in [0.05, 0.1) is 4.87 Å². The molecule has 0 aromatic carbocycles. The molecule has 2 amide bonds. The van der Waals surface area contributed by atoms with Crippen LogP contribution in [0.4, 0.5) is 0 Å². The molecule has 6 heteroatoms. The summed E-state index contributed by atoms with van der Waals surface area (Å²) in [5.74, 6) is 1.14. The van der Waals surface area contributed by atoms with Crippen molar-refractivity contribution in [2.45, 2.75) is 62.0 Å². The Bertz CT molecular complexity index is 472. The van der Waals surface area contributed by atoms with Gasteiger partial charge in [0.2, 0.25) is 11.8 Å². The van der Waals surface area contributed by atoms with Crippen LogP contribution in [-0.4, -0.2) is 63.5 Å². The summed E-state index contributed by atoms with van der Waals surface area (Å²) >= 11 is 1.79. The molecule has 21 heavy (non-hydrogen) atoms. The molecule has 1 N–H and O–H groups in total. The second kappa shape index (κ2) is 4.88. The lowest BCUT2D eigenvalue weighted by atomic mass is 10.1. The predicted molar refractivity (Wildman–Crippen MR) is 81.9 cm³/mol. The number of nitrogens with zero attached hydrogens (tertiary/aromatic N) is 2. The maximum Gasteiger partial charge on any atom is 0.246 e. The summed E-state index contributed by atoms with van der Waals surface area (Å²) in [6.07, 6.45) is 4.77. The maximum atomic E-state index is 13.1. The van der Waals surface area contributed by atoms with E-state index in [2.05, 4.69) is 17.1 Å². The van der Waals surface area contributed by atoms with Crippen molar-refractivity contribution >= 4 is 23.6 Å². The highest BCUT2D eigenvalue weighted by Gasteiger charge is 2.55. The van der Waals surface area contributed by atoms with Gasteiger partial charge < -0.3 is 15.1 Å². The zero-order valence-corrected chi connectivity index (χ0v) is 13.3. The van der Waals surface area contributed by atoms with E-state index in [1.165, 1.54) is 0 Å². The highest BCUT2D eigenvalue weighted by molar-refractivity contribution is 8.01. The Morgan fingerprint density at radius 3 is 3.00 bits per heavy atom. The number of carbonyl (C=O) groups is 2. The number of fused-ring (bicyclic) bond motifs is 3. The van der Waals surface area contributed by atoms with Crippen molar-refractivity contribution in [2.75, 3.05) is 18.8 Å². The summed E-state index contributed by atoms with van der Waals surface area (Å²) in [4.78, 5) is 29.3. The van der Waals surface area contributed by atoms with Gasteiger partial charge >= 0.3 is 0 Å². The zero-order valence-electron chi connectivity index (χ0n) is 12.5. The van der Waals surface area contributed by atoms with Crippen LogP contribution < -0.4 is 5.32 Å². The molecule has 4 rings (SSSR count). The van der Waals surface area contributed by atoms with Gasteiger partial charge in [-0.3, -0.25) is 9.59 Å². The van der Waals surface area contributed by atoms with Crippen LogP contribution in [0.1, 0.15) is 39.0 Å². The summed E-state index contributed by atoms with van der Waals surface area (Å²) in [5.41, 5.74) is 0. The Hall–Kier alpha value is -0.750. The Morgan fingerprint density at radius 1 is 1.33 bits per heavy atom. The third-order valence-corrected chi connectivity index (χ3v) is 7.14. The average molecular weight is 309 g/mol. The van der Waals surface area contributed by atoms with Gasteiger partial charge in [0, 0.05) is 30.8 Å². The first-order chi connectivity index (χ1) is 10.1. The molecule has 0 radical (unpaired) electrons. The molecule has 5 nitrogen and oxygen atoms in total. The molecule has 0 aromatic rings. The molecule has 4 aliphatic heterocycles. The molecular weight excluding hydrogens is 286 g/mol. The third kappa shape index (κ3) is 2.02. The van der Waals surface area contributed by atoms with Gasteiger partial charge in [-0.15, -0.1) is 11.8 Å². The largest absolute Gasteiger partial charge is 0.334 e. The molecule has 2 bridgehead atoms. The Morgan fingerprint density at radius 2 is 2.14 bits per heavy atom. The molecule has 4 fully saturated rings. The molecule has 4 heterocycles. The molecule has 0 aliphatic carbocycles. The first-order valence-electron chi connectivity index (χ1n) is 8.09. The number of hydrogen-bond donors (Lipinski definition) is 1. The lowest BCUT2D eigenvalue weighted by Crippen LogP contribution is -2.54. The number of hydrogen-bond acceptors (Lipinski definition) is 4. The number of thioether (sulfide) groups is 1. The Labute approximate surface area is 129 Å². The first-order valence-corrected chi connectivity index (χ1v) is 9.08. The van der Waals surface area contributed by atoms with Gasteiger partial charge in [-0.05, 0) is 39.2 Å². The number of carbonyl (C=O) groups excluding carboxylic acids is 2. The Balaban J connectivity index is 1.59. The van der Waals surface area contributed by atoms with Crippen LogP contribution >= 0.6 is 11.8 Å². The van der Waals surface area contributed by atoms with Gasteiger partial charge in [0.25, 0.3) is 0 Å². The van der Waals surface area contributed by atoms with E-state index in [1.807, 2.05) is 4.90 Å². The van der Waals surface area contributed by atoms with Crippen LogP contribution in [0.3, 0.4) is 0 Å². The van der Waals surface area contributed by atoms with Crippen molar-refractivity contribution < 1.29 is 9.59 Å². The molecule has 4 saturated heterocycles. The minimum atomic E-state index is -0.226. The summed E-state index contributed by atoms with van der Waals surface area (Å²) in [5, 5.41) is 3.44. The number of amides is 2. The molecule has 0 spiro atoms. The van der Waals surface area contributed by atoms with Gasteiger partial charge in [0.1, 0.15) is 6.04 Å². The number of rotatable bonds is 1. The molecule has 4 unspecified atom stereocenters. The van der Waals surface area contributed by atoms with E-state index in [0.29, 0.717) is 18.5 Å². The molecule has 0 saturated carbocycles. The summed E-state index contributed by atoms with van der Waals surface area (Å²) in [6, 6.07) is 0.489. The van der Waals surface area contributed by atoms with E-state index in [0.717, 1.165) is 44.5 Å². The highest BCUT2D eigenvalue weighted by atomic mass is 32.2. The van der Waals surface area contributed by atoms with Crippen molar-refractivity contribution in [2.24, 2.45) is 0 Å². The van der Waals surface area contributed by atoms with Crippen LogP contribution in [0, 0.1) is 0 Å². The smallest absolute Gasteiger partial charge is 0.246 e. The monoisotopic (exact) mass is 309 g/mol. The fourth-order valence-electron chi connectivity index (χ4n) is 4.52. The molecule has 116 valence electrons. The summed E-state index contributed by atoms with van der Waals surface area (Å²) in [7, 11) is 0. The zero-order chi connectivity index (χ0) is 14.6. The lowest BCUT2D eigenvalue weighted by Gasteiger charge is -2.35. The molecule has 4 atom stereocenters. The lowest BCUT2D eigenvalue weighted by molar-refractivity contribution is -0.145. The summed E-state index contributed by atoms with van der Waals surface area (Å²) < 4.78 is 0. The molecule has 0 aromatic heterocycles. The van der Waals surface area contributed by atoms with Crippen LogP contribution in [0.15, 0.2) is 0 Å². The van der Waals surface area contributed by atoms with E-state index >= 15 is 0 Å².